The number of hydrogen-bond acceptors (Lipinski definition) is 2. The van der Waals surface area contributed by atoms with Gasteiger partial charge in [-0.05, 0) is 29.8 Å². The van der Waals surface area contributed by atoms with E-state index in [0.29, 0.717) is 17.9 Å². The van der Waals surface area contributed by atoms with Crippen LogP contribution in [-0.2, 0) is 6.61 Å². The average molecular weight is 226 g/mol. The Morgan fingerprint density at radius 1 is 1.00 bits per heavy atom. The zero-order valence-electron chi connectivity index (χ0n) is 9.22. The van der Waals surface area contributed by atoms with Crippen LogP contribution in [0.15, 0.2) is 54.6 Å². The maximum Gasteiger partial charge on any atom is 0.269 e. The van der Waals surface area contributed by atoms with E-state index in [9.17, 15) is 4.79 Å². The lowest BCUT2D eigenvalue weighted by Crippen LogP contribution is -1.99. The standard InChI is InChI=1S/C14H12NO2/c15-14(16)12-6-8-13(9-7-12)17-10-11-4-2-1-3-5-11/h1-9,15H,10H2. The maximum absolute atomic E-state index is 10.8. The van der Waals surface area contributed by atoms with Crippen molar-refractivity contribution in [1.29, 1.82) is 0 Å². The summed E-state index contributed by atoms with van der Waals surface area (Å²) in [5.74, 6) is 0.0125. The van der Waals surface area contributed by atoms with E-state index in [1.807, 2.05) is 30.3 Å². The first-order valence-electron chi connectivity index (χ1n) is 5.28. The molecule has 0 aliphatic rings. The molecule has 2 rings (SSSR count). The Balaban J connectivity index is 1.98. The van der Waals surface area contributed by atoms with Gasteiger partial charge in [-0.15, -0.1) is 0 Å². The second kappa shape index (κ2) is 5.16. The molecular weight excluding hydrogens is 214 g/mol. The Kier molecular flexibility index (Phi) is 3.40. The highest BCUT2D eigenvalue weighted by Crippen LogP contribution is 2.14. The lowest BCUT2D eigenvalue weighted by atomic mass is 10.2. The van der Waals surface area contributed by atoms with Gasteiger partial charge in [0.05, 0.1) is 0 Å². The van der Waals surface area contributed by atoms with Gasteiger partial charge in [0.1, 0.15) is 12.4 Å². The lowest BCUT2D eigenvalue weighted by Gasteiger charge is -2.06. The third kappa shape index (κ3) is 3.08. The van der Waals surface area contributed by atoms with Gasteiger partial charge < -0.3 is 4.74 Å². The molecule has 3 heteroatoms. The number of amides is 1. The predicted molar refractivity (Wildman–Crippen MR) is 64.6 cm³/mol. The second-order valence-electron chi connectivity index (χ2n) is 3.63. The van der Waals surface area contributed by atoms with Gasteiger partial charge in [0.2, 0.25) is 0 Å². The van der Waals surface area contributed by atoms with Crippen LogP contribution in [0.3, 0.4) is 0 Å². The molecule has 0 heterocycles. The van der Waals surface area contributed by atoms with Gasteiger partial charge in [-0.25, -0.2) is 0 Å². The highest BCUT2D eigenvalue weighted by atomic mass is 16.5. The summed E-state index contributed by atoms with van der Waals surface area (Å²) in [4.78, 5) is 10.8. The summed E-state index contributed by atoms with van der Waals surface area (Å²) >= 11 is 0. The molecule has 0 aliphatic carbocycles. The minimum absolute atomic E-state index is 0.372. The number of ether oxygens (including phenoxy) is 1. The number of carbonyl (C=O) groups is 1. The Morgan fingerprint density at radius 3 is 2.24 bits per heavy atom. The van der Waals surface area contributed by atoms with Crippen LogP contribution in [0, 0.1) is 0 Å². The molecule has 0 saturated heterocycles. The van der Waals surface area contributed by atoms with Crippen LogP contribution >= 0.6 is 0 Å². The maximum atomic E-state index is 10.8. The Labute approximate surface area is 99.8 Å². The van der Waals surface area contributed by atoms with Crippen LogP contribution in [0.4, 0.5) is 0 Å². The zero-order chi connectivity index (χ0) is 12.1. The molecular formula is C14H12NO2. The van der Waals surface area contributed by atoms with E-state index in [4.69, 9.17) is 10.5 Å². The summed E-state index contributed by atoms with van der Waals surface area (Å²) in [5.41, 5.74) is 8.41. The van der Waals surface area contributed by atoms with Crippen molar-refractivity contribution in [3.05, 3.63) is 65.7 Å². The van der Waals surface area contributed by atoms with E-state index in [0.717, 1.165) is 5.56 Å². The normalized spacial score (nSPS) is 9.88. The van der Waals surface area contributed by atoms with Crippen LogP contribution < -0.4 is 10.5 Å². The lowest BCUT2D eigenvalue weighted by molar-refractivity contribution is 0.0992. The fraction of sp³-hybridized carbons (Fsp3) is 0.0714. The van der Waals surface area contributed by atoms with Crippen molar-refractivity contribution in [1.82, 2.24) is 5.73 Å². The molecule has 0 fully saturated rings. The second-order valence-corrected chi connectivity index (χ2v) is 3.63. The van der Waals surface area contributed by atoms with Gasteiger partial charge in [-0.3, -0.25) is 10.5 Å². The van der Waals surface area contributed by atoms with E-state index in [1.165, 1.54) is 0 Å². The molecule has 0 unspecified atom stereocenters. The van der Waals surface area contributed by atoms with Crippen molar-refractivity contribution in [2.24, 2.45) is 0 Å². The molecule has 2 aromatic carbocycles. The van der Waals surface area contributed by atoms with Gasteiger partial charge in [0.15, 0.2) is 0 Å². The summed E-state index contributed by atoms with van der Waals surface area (Å²) in [6, 6.07) is 16.4. The van der Waals surface area contributed by atoms with E-state index >= 15 is 0 Å². The fourth-order valence-corrected chi connectivity index (χ4v) is 1.44. The molecule has 17 heavy (non-hydrogen) atoms. The highest BCUT2D eigenvalue weighted by molar-refractivity contribution is 5.92. The average Bonchev–Trinajstić information content (AvgIpc) is 2.38. The number of rotatable bonds is 4. The minimum Gasteiger partial charge on any atom is -0.489 e. The number of nitrogens with one attached hydrogen (secondary N) is 1. The van der Waals surface area contributed by atoms with Gasteiger partial charge >= 0.3 is 0 Å². The molecule has 0 spiro atoms. The third-order valence-electron chi connectivity index (χ3n) is 2.36. The summed E-state index contributed by atoms with van der Waals surface area (Å²) in [5, 5.41) is 0. The first kappa shape index (κ1) is 11.2. The quantitative estimate of drug-likeness (QED) is 0.804. The molecule has 2 aromatic rings. The van der Waals surface area contributed by atoms with Crippen molar-refractivity contribution in [3.8, 4) is 5.75 Å². The van der Waals surface area contributed by atoms with E-state index in [-0.39, 0.29) is 0 Å². The minimum atomic E-state index is -0.681. The largest absolute Gasteiger partial charge is 0.489 e. The van der Waals surface area contributed by atoms with Gasteiger partial charge in [0, 0.05) is 5.56 Å². The Morgan fingerprint density at radius 2 is 1.65 bits per heavy atom. The van der Waals surface area contributed by atoms with Crippen molar-refractivity contribution in [2.45, 2.75) is 6.61 Å². The summed E-state index contributed by atoms with van der Waals surface area (Å²) in [6.07, 6.45) is 0. The molecule has 0 bridgehead atoms. The van der Waals surface area contributed by atoms with Gasteiger partial charge in [-0.1, -0.05) is 30.3 Å². The fourth-order valence-electron chi connectivity index (χ4n) is 1.44. The van der Waals surface area contributed by atoms with Crippen molar-refractivity contribution in [2.75, 3.05) is 0 Å². The van der Waals surface area contributed by atoms with Crippen molar-refractivity contribution < 1.29 is 9.53 Å². The molecule has 1 N–H and O–H groups in total. The third-order valence-corrected chi connectivity index (χ3v) is 2.36. The van der Waals surface area contributed by atoms with Crippen molar-refractivity contribution >= 4 is 5.91 Å². The monoisotopic (exact) mass is 226 g/mol. The topological polar surface area (TPSA) is 50.1 Å². The van der Waals surface area contributed by atoms with Crippen molar-refractivity contribution in [3.63, 3.8) is 0 Å². The molecule has 0 saturated carbocycles. The molecule has 1 amide bonds. The summed E-state index contributed by atoms with van der Waals surface area (Å²) < 4.78 is 5.55. The molecule has 85 valence electrons. The SMILES string of the molecule is [NH]C(=O)c1ccc(OCc2ccccc2)cc1. The smallest absolute Gasteiger partial charge is 0.269 e. The van der Waals surface area contributed by atoms with Gasteiger partial charge in [-0.2, -0.15) is 0 Å². The van der Waals surface area contributed by atoms with Crippen LogP contribution in [0.25, 0.3) is 0 Å². The predicted octanol–water partition coefficient (Wildman–Crippen LogP) is 2.69. The molecule has 0 aromatic heterocycles. The van der Waals surface area contributed by atoms with E-state index in [2.05, 4.69) is 0 Å². The molecule has 1 radical (unpaired) electrons. The Hall–Kier alpha value is -2.29. The van der Waals surface area contributed by atoms with Gasteiger partial charge in [0.25, 0.3) is 5.91 Å². The van der Waals surface area contributed by atoms with Crippen LogP contribution in [0.5, 0.6) is 5.75 Å². The molecule has 0 aliphatic heterocycles. The summed E-state index contributed by atoms with van der Waals surface area (Å²) in [6.45, 7) is 0.495. The molecule has 3 nitrogen and oxygen atoms in total. The van der Waals surface area contributed by atoms with Crippen LogP contribution in [0.1, 0.15) is 15.9 Å². The number of hydrogen-bond donors (Lipinski definition) is 0. The van der Waals surface area contributed by atoms with E-state index in [1.54, 1.807) is 24.3 Å². The molecule has 0 atom stereocenters. The Bertz CT molecular complexity index is 491. The van der Waals surface area contributed by atoms with E-state index < -0.39 is 5.91 Å². The first-order chi connectivity index (χ1) is 8.25. The number of carbonyl (C=O) groups excluding carboxylic acids is 1. The zero-order valence-corrected chi connectivity index (χ0v) is 9.22. The first-order valence-corrected chi connectivity index (χ1v) is 5.28. The van der Waals surface area contributed by atoms with Crippen LogP contribution in [-0.4, -0.2) is 5.91 Å². The highest BCUT2D eigenvalue weighted by Gasteiger charge is 2.01. The number of benzene rings is 2. The summed E-state index contributed by atoms with van der Waals surface area (Å²) in [7, 11) is 0. The van der Waals surface area contributed by atoms with Crippen LogP contribution in [0.2, 0.25) is 0 Å².